The zero-order chi connectivity index (χ0) is 6.69. The predicted octanol–water partition coefficient (Wildman–Crippen LogP) is 0.476. The minimum Gasteiger partial charge on any atom is -0.328 e. The molecule has 0 spiro atoms. The number of rotatable bonds is 4. The van der Waals surface area contributed by atoms with Crippen LogP contribution in [-0.4, -0.2) is 18.6 Å². The van der Waals surface area contributed by atoms with E-state index in [2.05, 4.69) is 12.2 Å². The van der Waals surface area contributed by atoms with Crippen molar-refractivity contribution in [1.29, 1.82) is 0 Å². The molecule has 0 bridgehead atoms. The minimum absolute atomic E-state index is 0.358. The first-order valence-electron chi connectivity index (χ1n) is 3.78. The number of nitrogens with one attached hydrogen (secondary N) is 1. The Morgan fingerprint density at radius 2 is 2.33 bits per heavy atom. The third-order valence-electron chi connectivity index (χ3n) is 1.61. The average molecular weight is 128 g/mol. The zero-order valence-electron chi connectivity index (χ0n) is 6.06. The molecular formula is C7H16N2. The van der Waals surface area contributed by atoms with Crippen molar-refractivity contribution in [2.45, 2.75) is 38.3 Å². The van der Waals surface area contributed by atoms with Crippen molar-refractivity contribution in [3.8, 4) is 0 Å². The van der Waals surface area contributed by atoms with Gasteiger partial charge in [-0.3, -0.25) is 0 Å². The van der Waals surface area contributed by atoms with Gasteiger partial charge in [0.2, 0.25) is 0 Å². The predicted molar refractivity (Wildman–Crippen MR) is 39.3 cm³/mol. The molecule has 0 aromatic heterocycles. The van der Waals surface area contributed by atoms with E-state index < -0.39 is 0 Å². The topological polar surface area (TPSA) is 38.0 Å². The Balaban J connectivity index is 1.81. The Kier molecular flexibility index (Phi) is 2.49. The molecule has 0 unspecified atom stereocenters. The highest BCUT2D eigenvalue weighted by Crippen LogP contribution is 2.18. The van der Waals surface area contributed by atoms with Crippen molar-refractivity contribution >= 4 is 0 Å². The van der Waals surface area contributed by atoms with Crippen LogP contribution < -0.4 is 11.1 Å². The van der Waals surface area contributed by atoms with Gasteiger partial charge in [0.25, 0.3) is 0 Å². The zero-order valence-corrected chi connectivity index (χ0v) is 6.06. The van der Waals surface area contributed by atoms with Gasteiger partial charge in [-0.15, -0.1) is 0 Å². The van der Waals surface area contributed by atoms with E-state index in [-0.39, 0.29) is 0 Å². The third kappa shape index (κ3) is 3.49. The van der Waals surface area contributed by atoms with Crippen LogP contribution in [0.2, 0.25) is 0 Å². The molecule has 54 valence electrons. The van der Waals surface area contributed by atoms with E-state index in [9.17, 15) is 0 Å². The minimum atomic E-state index is 0.358. The van der Waals surface area contributed by atoms with Crippen molar-refractivity contribution < 1.29 is 0 Å². The maximum atomic E-state index is 5.56. The van der Waals surface area contributed by atoms with Crippen molar-refractivity contribution in [3.63, 3.8) is 0 Å². The van der Waals surface area contributed by atoms with E-state index in [0.29, 0.717) is 6.04 Å². The van der Waals surface area contributed by atoms with Crippen molar-refractivity contribution in [1.82, 2.24) is 5.32 Å². The van der Waals surface area contributed by atoms with Crippen LogP contribution in [0.25, 0.3) is 0 Å². The maximum Gasteiger partial charge on any atom is 0.00682 e. The smallest absolute Gasteiger partial charge is 0.00682 e. The average Bonchev–Trinajstić information content (AvgIpc) is 2.48. The van der Waals surface area contributed by atoms with Gasteiger partial charge in [-0.05, 0) is 32.7 Å². The number of hydrogen-bond donors (Lipinski definition) is 2. The van der Waals surface area contributed by atoms with Crippen LogP contribution in [0.15, 0.2) is 0 Å². The second-order valence-electron chi connectivity index (χ2n) is 2.99. The Morgan fingerprint density at radius 1 is 1.67 bits per heavy atom. The first-order valence-corrected chi connectivity index (χ1v) is 3.78. The molecule has 0 aromatic rings. The lowest BCUT2D eigenvalue weighted by molar-refractivity contribution is 0.587. The molecule has 1 atom stereocenters. The fourth-order valence-corrected chi connectivity index (χ4v) is 0.803. The molecule has 9 heavy (non-hydrogen) atoms. The number of hydrogen-bond acceptors (Lipinski definition) is 2. The Bertz CT molecular complexity index is 75.0. The maximum absolute atomic E-state index is 5.56. The van der Waals surface area contributed by atoms with Crippen LogP contribution in [0.1, 0.15) is 26.2 Å². The van der Waals surface area contributed by atoms with Crippen LogP contribution >= 0.6 is 0 Å². The molecule has 1 rings (SSSR count). The standard InChI is InChI=1S/C7H16N2/c1-6(8)4-5-9-7-2-3-7/h6-7,9H,2-5,8H2,1H3/t6-/m0/s1. The molecule has 1 saturated carbocycles. The molecule has 1 aliphatic carbocycles. The second-order valence-corrected chi connectivity index (χ2v) is 2.99. The van der Waals surface area contributed by atoms with Gasteiger partial charge in [-0.25, -0.2) is 0 Å². The summed E-state index contributed by atoms with van der Waals surface area (Å²) in [4.78, 5) is 0. The molecule has 0 heterocycles. The van der Waals surface area contributed by atoms with Crippen LogP contribution in [0.5, 0.6) is 0 Å². The Hall–Kier alpha value is -0.0800. The first kappa shape index (κ1) is 7.03. The molecule has 3 N–H and O–H groups in total. The van der Waals surface area contributed by atoms with E-state index in [1.54, 1.807) is 0 Å². The van der Waals surface area contributed by atoms with Crippen LogP contribution in [0.4, 0.5) is 0 Å². The molecule has 0 amide bonds. The fourth-order valence-electron chi connectivity index (χ4n) is 0.803. The van der Waals surface area contributed by atoms with Gasteiger partial charge < -0.3 is 11.1 Å². The van der Waals surface area contributed by atoms with Gasteiger partial charge in [0, 0.05) is 12.1 Å². The van der Waals surface area contributed by atoms with Crippen LogP contribution in [0.3, 0.4) is 0 Å². The van der Waals surface area contributed by atoms with E-state index in [4.69, 9.17) is 5.73 Å². The highest BCUT2D eigenvalue weighted by molar-refractivity contribution is 4.80. The normalized spacial score (nSPS) is 22.0. The van der Waals surface area contributed by atoms with E-state index >= 15 is 0 Å². The molecule has 2 nitrogen and oxygen atoms in total. The van der Waals surface area contributed by atoms with E-state index in [1.165, 1.54) is 12.8 Å². The highest BCUT2D eigenvalue weighted by Gasteiger charge is 2.19. The SMILES string of the molecule is C[C@H](N)CCNC1CC1. The fraction of sp³-hybridized carbons (Fsp3) is 1.00. The lowest BCUT2D eigenvalue weighted by Crippen LogP contribution is -2.25. The molecule has 0 saturated heterocycles. The number of nitrogens with two attached hydrogens (primary N) is 1. The van der Waals surface area contributed by atoms with Crippen LogP contribution in [0, 0.1) is 0 Å². The molecule has 1 aliphatic rings. The van der Waals surface area contributed by atoms with Gasteiger partial charge in [0.05, 0.1) is 0 Å². The lowest BCUT2D eigenvalue weighted by Gasteiger charge is -2.04. The van der Waals surface area contributed by atoms with Gasteiger partial charge in [-0.2, -0.15) is 0 Å². The second kappa shape index (κ2) is 3.18. The molecular weight excluding hydrogens is 112 g/mol. The summed E-state index contributed by atoms with van der Waals surface area (Å²) >= 11 is 0. The Morgan fingerprint density at radius 3 is 2.78 bits per heavy atom. The summed E-state index contributed by atoms with van der Waals surface area (Å²) in [5.74, 6) is 0. The van der Waals surface area contributed by atoms with Gasteiger partial charge in [0.1, 0.15) is 0 Å². The van der Waals surface area contributed by atoms with Gasteiger partial charge in [0.15, 0.2) is 0 Å². The Labute approximate surface area is 56.8 Å². The summed E-state index contributed by atoms with van der Waals surface area (Å²) in [6, 6.07) is 1.19. The monoisotopic (exact) mass is 128 g/mol. The molecule has 0 radical (unpaired) electrons. The molecule has 0 aromatic carbocycles. The summed E-state index contributed by atoms with van der Waals surface area (Å²) < 4.78 is 0. The summed E-state index contributed by atoms with van der Waals surface area (Å²) in [6.45, 7) is 3.15. The summed E-state index contributed by atoms with van der Waals surface area (Å²) in [5, 5.41) is 3.41. The molecule has 2 heteroatoms. The van der Waals surface area contributed by atoms with Crippen molar-refractivity contribution in [2.24, 2.45) is 5.73 Å². The molecule has 1 fully saturated rings. The van der Waals surface area contributed by atoms with Gasteiger partial charge in [-0.1, -0.05) is 0 Å². The van der Waals surface area contributed by atoms with Crippen LogP contribution in [-0.2, 0) is 0 Å². The van der Waals surface area contributed by atoms with Gasteiger partial charge >= 0.3 is 0 Å². The third-order valence-corrected chi connectivity index (χ3v) is 1.61. The first-order chi connectivity index (χ1) is 4.29. The summed E-state index contributed by atoms with van der Waals surface area (Å²) in [7, 11) is 0. The van der Waals surface area contributed by atoms with Crippen molar-refractivity contribution in [2.75, 3.05) is 6.54 Å². The largest absolute Gasteiger partial charge is 0.328 e. The lowest BCUT2D eigenvalue weighted by atomic mass is 10.2. The highest BCUT2D eigenvalue weighted by atomic mass is 14.9. The summed E-state index contributed by atoms with van der Waals surface area (Å²) in [5.41, 5.74) is 5.56. The molecule has 0 aliphatic heterocycles. The quantitative estimate of drug-likeness (QED) is 0.578. The van der Waals surface area contributed by atoms with E-state index in [0.717, 1.165) is 19.0 Å². The van der Waals surface area contributed by atoms with E-state index in [1.807, 2.05) is 0 Å². The van der Waals surface area contributed by atoms with Crippen molar-refractivity contribution in [3.05, 3.63) is 0 Å². The summed E-state index contributed by atoms with van der Waals surface area (Å²) in [6.07, 6.45) is 3.86.